The van der Waals surface area contributed by atoms with Gasteiger partial charge in [-0.15, -0.1) is 11.8 Å². The quantitative estimate of drug-likeness (QED) is 0.681. The first-order valence-electron chi connectivity index (χ1n) is 11.9. The molecule has 0 spiro atoms. The van der Waals surface area contributed by atoms with Crippen molar-refractivity contribution in [1.29, 1.82) is 0 Å². The van der Waals surface area contributed by atoms with Crippen molar-refractivity contribution >= 4 is 29.4 Å². The van der Waals surface area contributed by atoms with Crippen LogP contribution in [0.3, 0.4) is 0 Å². The molecule has 2 heterocycles. The van der Waals surface area contributed by atoms with Crippen molar-refractivity contribution in [2.45, 2.75) is 76.6 Å². The van der Waals surface area contributed by atoms with Gasteiger partial charge in [0.25, 0.3) is 0 Å². The molecule has 0 saturated heterocycles. The lowest BCUT2D eigenvalue weighted by Gasteiger charge is -2.29. The average molecular weight is 485 g/mol. The van der Waals surface area contributed by atoms with E-state index in [1.54, 1.807) is 23.8 Å². The fourth-order valence-electron chi connectivity index (χ4n) is 4.31. The number of methoxy groups -OCH3 is 1. The predicted octanol–water partition coefficient (Wildman–Crippen LogP) is 4.39. The van der Waals surface area contributed by atoms with E-state index < -0.39 is 0 Å². The van der Waals surface area contributed by atoms with Crippen molar-refractivity contribution in [3.8, 4) is 5.75 Å². The van der Waals surface area contributed by atoms with E-state index in [4.69, 9.17) is 9.84 Å². The third kappa shape index (κ3) is 4.83. The summed E-state index contributed by atoms with van der Waals surface area (Å²) in [6.45, 7) is 12.7. The van der Waals surface area contributed by atoms with Gasteiger partial charge in [-0.25, -0.2) is 4.68 Å². The minimum Gasteiger partial charge on any atom is -0.496 e. The standard InChI is InChI=1S/C26H36N4O3S/c1-25(2,3)23-21-22(17-10-8-9-11-18(17)33-7)34-15-20(32)29(14-19(31)27-16-12-13-16)24(21)30(28-23)26(4,5)6/h8-11,16,22H,12-15H2,1-7H3,(H,27,31). The van der Waals surface area contributed by atoms with Crippen LogP contribution in [0.4, 0.5) is 5.82 Å². The molecule has 1 aromatic heterocycles. The molecule has 1 saturated carbocycles. The lowest BCUT2D eigenvalue weighted by molar-refractivity contribution is -0.123. The number of hydrogen-bond acceptors (Lipinski definition) is 5. The van der Waals surface area contributed by atoms with Crippen molar-refractivity contribution in [3.05, 3.63) is 41.1 Å². The summed E-state index contributed by atoms with van der Waals surface area (Å²) >= 11 is 1.57. The first-order chi connectivity index (χ1) is 15.9. The van der Waals surface area contributed by atoms with Gasteiger partial charge in [0.2, 0.25) is 11.8 Å². The van der Waals surface area contributed by atoms with Crippen molar-refractivity contribution in [2.75, 3.05) is 24.3 Å². The highest BCUT2D eigenvalue weighted by atomic mass is 32.2. The van der Waals surface area contributed by atoms with Crippen LogP contribution >= 0.6 is 11.8 Å². The van der Waals surface area contributed by atoms with Crippen LogP contribution in [-0.2, 0) is 20.5 Å². The topological polar surface area (TPSA) is 76.5 Å². The van der Waals surface area contributed by atoms with E-state index >= 15 is 0 Å². The Bertz CT molecular complexity index is 1090. The number of rotatable bonds is 5. The number of thioether (sulfide) groups is 1. The third-order valence-corrected chi connectivity index (χ3v) is 7.34. The van der Waals surface area contributed by atoms with E-state index in [2.05, 4.69) is 52.9 Å². The van der Waals surface area contributed by atoms with Crippen molar-refractivity contribution in [3.63, 3.8) is 0 Å². The van der Waals surface area contributed by atoms with Crippen molar-refractivity contribution in [2.24, 2.45) is 0 Å². The zero-order valence-electron chi connectivity index (χ0n) is 21.3. The zero-order chi connectivity index (χ0) is 24.8. The largest absolute Gasteiger partial charge is 0.496 e. The maximum absolute atomic E-state index is 13.5. The number of carbonyl (C=O) groups is 2. The van der Waals surface area contributed by atoms with E-state index in [1.807, 2.05) is 22.9 Å². The number of anilines is 1. The van der Waals surface area contributed by atoms with Crippen LogP contribution < -0.4 is 15.0 Å². The molecule has 1 N–H and O–H groups in total. The van der Waals surface area contributed by atoms with Gasteiger partial charge in [0.15, 0.2) is 0 Å². The highest BCUT2D eigenvalue weighted by molar-refractivity contribution is 8.00. The Labute approximate surface area is 206 Å². The number of amides is 2. The summed E-state index contributed by atoms with van der Waals surface area (Å²) in [4.78, 5) is 28.1. The van der Waals surface area contributed by atoms with E-state index in [1.165, 1.54) is 0 Å². The normalized spacial score (nSPS) is 19.0. The van der Waals surface area contributed by atoms with Gasteiger partial charge in [-0.05, 0) is 39.7 Å². The molecule has 2 amide bonds. The number of benzene rings is 1. The second-order valence-electron chi connectivity index (χ2n) is 11.2. The first-order valence-corrected chi connectivity index (χ1v) is 12.9. The Kier molecular flexibility index (Phi) is 6.48. The zero-order valence-corrected chi connectivity index (χ0v) is 22.1. The molecule has 7 nitrogen and oxygen atoms in total. The third-order valence-electron chi connectivity index (χ3n) is 6.10. The minimum absolute atomic E-state index is 0.00705. The SMILES string of the molecule is COc1ccccc1C1SCC(=O)N(CC(=O)NC2CC2)c2c1c(C(C)(C)C)nn2C(C)(C)C. The molecule has 0 radical (unpaired) electrons. The number of nitrogens with one attached hydrogen (secondary N) is 1. The number of nitrogens with zero attached hydrogens (tertiary/aromatic N) is 3. The van der Waals surface area contributed by atoms with Crippen LogP contribution in [0.25, 0.3) is 0 Å². The molecule has 1 aliphatic heterocycles. The highest BCUT2D eigenvalue weighted by Crippen LogP contribution is 2.50. The van der Waals surface area contributed by atoms with E-state index in [0.717, 1.165) is 35.4 Å². The molecule has 34 heavy (non-hydrogen) atoms. The Morgan fingerprint density at radius 2 is 1.85 bits per heavy atom. The van der Waals surface area contributed by atoms with Crippen LogP contribution in [0, 0.1) is 0 Å². The van der Waals surface area contributed by atoms with Crippen LogP contribution in [0.2, 0.25) is 0 Å². The highest BCUT2D eigenvalue weighted by Gasteiger charge is 2.42. The van der Waals surface area contributed by atoms with E-state index in [9.17, 15) is 9.59 Å². The molecule has 1 aromatic carbocycles. The number of aromatic nitrogens is 2. The molecule has 1 aliphatic carbocycles. The molecule has 2 aliphatic rings. The lowest BCUT2D eigenvalue weighted by Crippen LogP contribution is -2.44. The maximum atomic E-state index is 13.5. The minimum atomic E-state index is -0.389. The average Bonchev–Trinajstić information content (AvgIpc) is 3.48. The second-order valence-corrected chi connectivity index (χ2v) is 12.3. The molecule has 4 rings (SSSR count). The summed E-state index contributed by atoms with van der Waals surface area (Å²) < 4.78 is 7.66. The van der Waals surface area contributed by atoms with Gasteiger partial charge in [0.05, 0.1) is 29.3 Å². The fourth-order valence-corrected chi connectivity index (χ4v) is 5.54. The molecule has 1 unspecified atom stereocenters. The van der Waals surface area contributed by atoms with Crippen LogP contribution in [-0.4, -0.2) is 47.0 Å². The van der Waals surface area contributed by atoms with Gasteiger partial charge in [-0.1, -0.05) is 39.0 Å². The number of hydrogen-bond donors (Lipinski definition) is 1. The van der Waals surface area contributed by atoms with Gasteiger partial charge in [0.1, 0.15) is 18.1 Å². The summed E-state index contributed by atoms with van der Waals surface area (Å²) in [6, 6.07) is 8.20. The first kappa shape index (κ1) is 24.6. The van der Waals surface area contributed by atoms with Crippen LogP contribution in [0.1, 0.15) is 76.5 Å². The fraction of sp³-hybridized carbons (Fsp3) is 0.577. The van der Waals surface area contributed by atoms with Gasteiger partial charge in [-0.3, -0.25) is 14.5 Å². The predicted molar refractivity (Wildman–Crippen MR) is 137 cm³/mol. The monoisotopic (exact) mass is 484 g/mol. The molecular formula is C26H36N4O3S. The van der Waals surface area contributed by atoms with Gasteiger partial charge in [0, 0.05) is 22.6 Å². The molecule has 184 valence electrons. The Morgan fingerprint density at radius 1 is 1.18 bits per heavy atom. The van der Waals surface area contributed by atoms with Gasteiger partial charge < -0.3 is 10.1 Å². The molecule has 2 aromatic rings. The molecule has 8 heteroatoms. The van der Waals surface area contributed by atoms with Gasteiger partial charge in [-0.2, -0.15) is 5.10 Å². The summed E-state index contributed by atoms with van der Waals surface area (Å²) in [6.07, 6.45) is 2.01. The lowest BCUT2D eigenvalue weighted by atomic mass is 9.87. The van der Waals surface area contributed by atoms with Crippen LogP contribution in [0.5, 0.6) is 5.75 Å². The van der Waals surface area contributed by atoms with Crippen molar-refractivity contribution in [1.82, 2.24) is 15.1 Å². The maximum Gasteiger partial charge on any atom is 0.240 e. The number of ether oxygens (including phenoxy) is 1. The summed E-state index contributed by atoms with van der Waals surface area (Å²) in [5.41, 5.74) is 2.27. The summed E-state index contributed by atoms with van der Waals surface area (Å²) in [5, 5.41) is 7.99. The Hall–Kier alpha value is -2.48. The molecule has 0 bridgehead atoms. The summed E-state index contributed by atoms with van der Waals surface area (Å²) in [5.74, 6) is 1.56. The van der Waals surface area contributed by atoms with Crippen LogP contribution in [0.15, 0.2) is 24.3 Å². The molecule has 1 fully saturated rings. The summed E-state index contributed by atoms with van der Waals surface area (Å²) in [7, 11) is 1.67. The number of carbonyl (C=O) groups excluding carboxylic acids is 2. The van der Waals surface area contributed by atoms with Gasteiger partial charge >= 0.3 is 0 Å². The van der Waals surface area contributed by atoms with Crippen molar-refractivity contribution < 1.29 is 14.3 Å². The molecule has 1 atom stereocenters. The second kappa shape index (κ2) is 8.95. The molecular weight excluding hydrogens is 448 g/mol. The van der Waals surface area contributed by atoms with E-state index in [-0.39, 0.29) is 46.4 Å². The number of fused-ring (bicyclic) bond motifs is 1. The van der Waals surface area contributed by atoms with E-state index in [0.29, 0.717) is 5.82 Å². The Morgan fingerprint density at radius 3 is 2.44 bits per heavy atom. The number of para-hydroxylation sites is 1. The smallest absolute Gasteiger partial charge is 0.240 e. The Balaban J connectivity index is 1.96.